The van der Waals surface area contributed by atoms with Crippen LogP contribution in [0, 0.1) is 5.92 Å². The second-order valence-corrected chi connectivity index (χ2v) is 5.49. The number of amides is 1. The minimum Gasteiger partial charge on any atom is -0.508 e. The molecule has 0 aliphatic heterocycles. The summed E-state index contributed by atoms with van der Waals surface area (Å²) in [7, 11) is 0. The Morgan fingerprint density at radius 2 is 1.85 bits per heavy atom. The number of aromatic hydroxyl groups is 2. The summed E-state index contributed by atoms with van der Waals surface area (Å²) in [6.07, 6.45) is 0. The molecule has 112 valence electrons. The van der Waals surface area contributed by atoms with Crippen molar-refractivity contribution < 1.29 is 15.0 Å². The van der Waals surface area contributed by atoms with Crippen molar-refractivity contribution in [3.05, 3.63) is 23.8 Å². The third-order valence-electron chi connectivity index (χ3n) is 3.06. The summed E-state index contributed by atoms with van der Waals surface area (Å²) in [6.45, 7) is 8.36. The minimum absolute atomic E-state index is 0.0137. The van der Waals surface area contributed by atoms with E-state index in [-0.39, 0.29) is 29.5 Å². The zero-order chi connectivity index (χ0) is 15.3. The monoisotopic (exact) mass is 280 g/mol. The number of nitrogens with one attached hydrogen (secondary N) is 2. The van der Waals surface area contributed by atoms with E-state index in [1.807, 2.05) is 20.8 Å². The van der Waals surface area contributed by atoms with Crippen LogP contribution in [0.15, 0.2) is 18.2 Å². The van der Waals surface area contributed by atoms with Gasteiger partial charge in [-0.25, -0.2) is 0 Å². The molecule has 0 aliphatic carbocycles. The minimum atomic E-state index is -0.364. The van der Waals surface area contributed by atoms with E-state index in [9.17, 15) is 15.0 Å². The summed E-state index contributed by atoms with van der Waals surface area (Å²) in [4.78, 5) is 11.9. The second kappa shape index (κ2) is 7.14. The van der Waals surface area contributed by atoms with Gasteiger partial charge in [-0.15, -0.1) is 0 Å². The average Bonchev–Trinajstić information content (AvgIpc) is 2.35. The molecule has 0 fully saturated rings. The molecule has 1 amide bonds. The first kappa shape index (κ1) is 16.3. The Bertz CT molecular complexity index is 460. The summed E-state index contributed by atoms with van der Waals surface area (Å²) >= 11 is 0. The van der Waals surface area contributed by atoms with Gasteiger partial charge in [-0.05, 0) is 25.8 Å². The van der Waals surface area contributed by atoms with Crippen LogP contribution in [0.25, 0.3) is 0 Å². The zero-order valence-corrected chi connectivity index (χ0v) is 12.5. The number of rotatable bonds is 6. The van der Waals surface area contributed by atoms with E-state index in [1.165, 1.54) is 12.1 Å². The highest BCUT2D eigenvalue weighted by molar-refractivity contribution is 5.81. The molecule has 2 atom stereocenters. The number of phenols is 2. The molecule has 5 nitrogen and oxygen atoms in total. The lowest BCUT2D eigenvalue weighted by Gasteiger charge is -2.21. The smallest absolute Gasteiger partial charge is 0.236 e. The van der Waals surface area contributed by atoms with Crippen molar-refractivity contribution in [3.63, 3.8) is 0 Å². The molecule has 0 aliphatic rings. The van der Waals surface area contributed by atoms with E-state index >= 15 is 0 Å². The summed E-state index contributed by atoms with van der Waals surface area (Å²) in [5.41, 5.74) is 0.645. The lowest BCUT2D eigenvalue weighted by Crippen LogP contribution is -2.44. The molecule has 1 aromatic rings. The van der Waals surface area contributed by atoms with Crippen LogP contribution in [-0.4, -0.2) is 28.7 Å². The lowest BCUT2D eigenvalue weighted by molar-refractivity contribution is -0.123. The molecular formula is C15H24N2O3. The number of phenolic OH excluding ortho intramolecular Hbond substituents is 2. The standard InChI is InChI=1S/C15H24N2O3/c1-9(2)8-16-15(20)11(4)17-10(3)13-6-5-12(18)7-14(13)19/h5-7,9-11,17-19H,8H2,1-4H3,(H,16,20). The molecule has 20 heavy (non-hydrogen) atoms. The van der Waals surface area contributed by atoms with E-state index in [0.29, 0.717) is 18.0 Å². The molecule has 0 heterocycles. The maximum Gasteiger partial charge on any atom is 0.236 e. The zero-order valence-electron chi connectivity index (χ0n) is 12.5. The van der Waals surface area contributed by atoms with Crippen LogP contribution in [0.4, 0.5) is 0 Å². The summed E-state index contributed by atoms with van der Waals surface area (Å²) in [5.74, 6) is 0.370. The van der Waals surface area contributed by atoms with Gasteiger partial charge in [0.05, 0.1) is 6.04 Å². The topological polar surface area (TPSA) is 81.6 Å². The third kappa shape index (κ3) is 4.74. The van der Waals surface area contributed by atoms with Gasteiger partial charge in [-0.2, -0.15) is 0 Å². The molecule has 5 heteroatoms. The number of benzene rings is 1. The highest BCUT2D eigenvalue weighted by Gasteiger charge is 2.18. The fourth-order valence-corrected chi connectivity index (χ4v) is 1.90. The molecule has 1 rings (SSSR count). The predicted octanol–water partition coefficient (Wildman–Crippen LogP) is 1.91. The van der Waals surface area contributed by atoms with E-state index in [0.717, 1.165) is 0 Å². The van der Waals surface area contributed by atoms with Gasteiger partial charge in [0.1, 0.15) is 11.5 Å². The number of hydrogen-bond donors (Lipinski definition) is 4. The van der Waals surface area contributed by atoms with Crippen LogP contribution in [0.1, 0.15) is 39.3 Å². The van der Waals surface area contributed by atoms with Gasteiger partial charge in [0, 0.05) is 24.2 Å². The first-order chi connectivity index (χ1) is 9.31. The highest BCUT2D eigenvalue weighted by Crippen LogP contribution is 2.27. The Hall–Kier alpha value is -1.75. The van der Waals surface area contributed by atoms with Gasteiger partial charge in [0.2, 0.25) is 5.91 Å². The van der Waals surface area contributed by atoms with Crippen molar-refractivity contribution in [2.75, 3.05) is 6.54 Å². The van der Waals surface area contributed by atoms with Crippen molar-refractivity contribution in [1.82, 2.24) is 10.6 Å². The summed E-state index contributed by atoms with van der Waals surface area (Å²) < 4.78 is 0. The molecule has 0 saturated heterocycles. The molecule has 2 unspecified atom stereocenters. The van der Waals surface area contributed by atoms with Gasteiger partial charge >= 0.3 is 0 Å². The Morgan fingerprint density at radius 3 is 2.40 bits per heavy atom. The molecule has 0 saturated carbocycles. The van der Waals surface area contributed by atoms with Crippen molar-refractivity contribution in [3.8, 4) is 11.5 Å². The largest absolute Gasteiger partial charge is 0.508 e. The SMILES string of the molecule is CC(C)CNC(=O)C(C)NC(C)c1ccc(O)cc1O. The molecule has 4 N–H and O–H groups in total. The Labute approximate surface area is 120 Å². The van der Waals surface area contributed by atoms with Crippen LogP contribution >= 0.6 is 0 Å². The number of hydrogen-bond acceptors (Lipinski definition) is 4. The van der Waals surface area contributed by atoms with Crippen LogP contribution in [0.2, 0.25) is 0 Å². The third-order valence-corrected chi connectivity index (χ3v) is 3.06. The fourth-order valence-electron chi connectivity index (χ4n) is 1.90. The van der Waals surface area contributed by atoms with Crippen LogP contribution < -0.4 is 10.6 Å². The van der Waals surface area contributed by atoms with Crippen molar-refractivity contribution in [1.29, 1.82) is 0 Å². The van der Waals surface area contributed by atoms with E-state index in [1.54, 1.807) is 13.0 Å². The Balaban J connectivity index is 2.60. The van der Waals surface area contributed by atoms with E-state index < -0.39 is 0 Å². The Kier molecular flexibility index (Phi) is 5.82. The quantitative estimate of drug-likeness (QED) is 0.641. The first-order valence-corrected chi connectivity index (χ1v) is 6.87. The highest BCUT2D eigenvalue weighted by atomic mass is 16.3. The van der Waals surface area contributed by atoms with Crippen LogP contribution in [0.5, 0.6) is 11.5 Å². The van der Waals surface area contributed by atoms with E-state index in [2.05, 4.69) is 10.6 Å². The molecule has 0 radical (unpaired) electrons. The van der Waals surface area contributed by atoms with Gasteiger partial charge in [-0.3, -0.25) is 10.1 Å². The summed E-state index contributed by atoms with van der Waals surface area (Å²) in [6, 6.07) is 3.88. The Morgan fingerprint density at radius 1 is 1.20 bits per heavy atom. The number of carbonyl (C=O) groups excluding carboxylic acids is 1. The molecular weight excluding hydrogens is 256 g/mol. The van der Waals surface area contributed by atoms with E-state index in [4.69, 9.17) is 0 Å². The van der Waals surface area contributed by atoms with Gasteiger partial charge in [0.15, 0.2) is 0 Å². The van der Waals surface area contributed by atoms with Gasteiger partial charge < -0.3 is 15.5 Å². The van der Waals surface area contributed by atoms with Gasteiger partial charge in [0.25, 0.3) is 0 Å². The molecule has 0 spiro atoms. The van der Waals surface area contributed by atoms with Crippen molar-refractivity contribution in [2.24, 2.45) is 5.92 Å². The van der Waals surface area contributed by atoms with Crippen molar-refractivity contribution >= 4 is 5.91 Å². The lowest BCUT2D eigenvalue weighted by atomic mass is 10.1. The normalized spacial score (nSPS) is 14.1. The molecule has 0 aromatic heterocycles. The molecule has 0 bridgehead atoms. The van der Waals surface area contributed by atoms with Crippen LogP contribution in [-0.2, 0) is 4.79 Å². The van der Waals surface area contributed by atoms with Crippen molar-refractivity contribution in [2.45, 2.75) is 39.8 Å². The fraction of sp³-hybridized carbons (Fsp3) is 0.533. The molecule has 1 aromatic carbocycles. The maximum atomic E-state index is 11.9. The average molecular weight is 280 g/mol. The number of carbonyl (C=O) groups is 1. The maximum absolute atomic E-state index is 11.9. The first-order valence-electron chi connectivity index (χ1n) is 6.87. The predicted molar refractivity (Wildman–Crippen MR) is 78.6 cm³/mol. The van der Waals surface area contributed by atoms with Crippen LogP contribution in [0.3, 0.4) is 0 Å². The summed E-state index contributed by atoms with van der Waals surface area (Å²) in [5, 5.41) is 25.0. The second-order valence-electron chi connectivity index (χ2n) is 5.49. The van der Waals surface area contributed by atoms with Gasteiger partial charge in [-0.1, -0.05) is 19.9 Å².